The highest BCUT2D eigenvalue weighted by atomic mass is 16.3. The summed E-state index contributed by atoms with van der Waals surface area (Å²) in [5, 5.41) is 9.84. The van der Waals surface area contributed by atoms with Crippen molar-refractivity contribution in [2.75, 3.05) is 0 Å². The first kappa shape index (κ1) is 7.73. The standard InChI is InChI=1S/C8H11NO3/c10-6-2-1-4-8(12)5-3-7(11)9(6)8/h12H,1-5H2. The van der Waals surface area contributed by atoms with E-state index in [0.717, 1.165) is 4.90 Å². The third kappa shape index (κ3) is 0.876. The summed E-state index contributed by atoms with van der Waals surface area (Å²) in [6.45, 7) is 0. The summed E-state index contributed by atoms with van der Waals surface area (Å²) in [5.41, 5.74) is -1.13. The van der Waals surface area contributed by atoms with Crippen molar-refractivity contribution in [3.05, 3.63) is 0 Å². The lowest BCUT2D eigenvalue weighted by Crippen LogP contribution is -2.51. The normalized spacial score (nSPS) is 35.6. The molecule has 2 fully saturated rings. The maximum absolute atomic E-state index is 11.2. The monoisotopic (exact) mass is 169 g/mol. The van der Waals surface area contributed by atoms with Gasteiger partial charge in [0.05, 0.1) is 0 Å². The summed E-state index contributed by atoms with van der Waals surface area (Å²) >= 11 is 0. The van der Waals surface area contributed by atoms with E-state index in [0.29, 0.717) is 32.1 Å². The fourth-order valence-electron chi connectivity index (χ4n) is 2.01. The Kier molecular flexibility index (Phi) is 1.48. The predicted molar refractivity (Wildman–Crippen MR) is 39.9 cm³/mol. The van der Waals surface area contributed by atoms with Gasteiger partial charge >= 0.3 is 0 Å². The molecule has 2 saturated heterocycles. The number of aliphatic hydroxyl groups is 1. The van der Waals surface area contributed by atoms with Crippen LogP contribution in [0, 0.1) is 0 Å². The second-order valence-corrected chi connectivity index (χ2v) is 3.46. The van der Waals surface area contributed by atoms with E-state index in [-0.39, 0.29) is 11.8 Å². The SMILES string of the molecule is O=C1CCCC2(O)CCC(=O)N12. The van der Waals surface area contributed by atoms with Crippen LogP contribution in [0.2, 0.25) is 0 Å². The van der Waals surface area contributed by atoms with Crippen LogP contribution in [0.5, 0.6) is 0 Å². The van der Waals surface area contributed by atoms with Gasteiger partial charge in [-0.2, -0.15) is 0 Å². The highest BCUT2D eigenvalue weighted by Gasteiger charge is 2.49. The summed E-state index contributed by atoms with van der Waals surface area (Å²) in [6.07, 6.45) is 2.36. The molecule has 2 heterocycles. The topological polar surface area (TPSA) is 57.6 Å². The van der Waals surface area contributed by atoms with Gasteiger partial charge in [-0.25, -0.2) is 0 Å². The molecule has 1 N–H and O–H groups in total. The van der Waals surface area contributed by atoms with Crippen molar-refractivity contribution in [2.45, 2.75) is 37.8 Å². The zero-order valence-electron chi connectivity index (χ0n) is 6.75. The van der Waals surface area contributed by atoms with Crippen LogP contribution in [0.4, 0.5) is 0 Å². The van der Waals surface area contributed by atoms with E-state index >= 15 is 0 Å². The number of fused-ring (bicyclic) bond motifs is 1. The molecule has 1 unspecified atom stereocenters. The number of carbonyl (C=O) groups excluding carboxylic acids is 2. The molecule has 0 spiro atoms. The molecule has 1 atom stereocenters. The van der Waals surface area contributed by atoms with Crippen molar-refractivity contribution < 1.29 is 14.7 Å². The second-order valence-electron chi connectivity index (χ2n) is 3.46. The number of imide groups is 1. The van der Waals surface area contributed by atoms with Crippen molar-refractivity contribution in [1.29, 1.82) is 0 Å². The van der Waals surface area contributed by atoms with Gasteiger partial charge in [-0.1, -0.05) is 0 Å². The average molecular weight is 169 g/mol. The molecule has 2 rings (SSSR count). The Morgan fingerprint density at radius 2 is 1.83 bits per heavy atom. The van der Waals surface area contributed by atoms with Gasteiger partial charge in [0, 0.05) is 19.3 Å². The Morgan fingerprint density at radius 1 is 1.17 bits per heavy atom. The average Bonchev–Trinajstić information content (AvgIpc) is 2.29. The first-order chi connectivity index (χ1) is 5.63. The van der Waals surface area contributed by atoms with E-state index in [9.17, 15) is 14.7 Å². The Morgan fingerprint density at radius 3 is 2.50 bits per heavy atom. The minimum absolute atomic E-state index is 0.216. The lowest BCUT2D eigenvalue weighted by molar-refractivity contribution is -0.169. The van der Waals surface area contributed by atoms with Crippen LogP contribution < -0.4 is 0 Å². The quantitative estimate of drug-likeness (QED) is 0.519. The Hall–Kier alpha value is -0.900. The maximum Gasteiger partial charge on any atom is 0.231 e. The summed E-state index contributed by atoms with van der Waals surface area (Å²) in [4.78, 5) is 23.5. The van der Waals surface area contributed by atoms with Crippen molar-refractivity contribution in [3.63, 3.8) is 0 Å². The number of hydrogen-bond donors (Lipinski definition) is 1. The lowest BCUT2D eigenvalue weighted by Gasteiger charge is -2.35. The van der Waals surface area contributed by atoms with Crippen molar-refractivity contribution >= 4 is 11.8 Å². The molecule has 0 aliphatic carbocycles. The number of hydrogen-bond acceptors (Lipinski definition) is 3. The molecule has 0 aromatic rings. The fraction of sp³-hybridized carbons (Fsp3) is 0.750. The molecule has 0 saturated carbocycles. The number of carbonyl (C=O) groups is 2. The van der Waals surface area contributed by atoms with Crippen LogP contribution in [0.15, 0.2) is 0 Å². The molecular formula is C8H11NO3. The van der Waals surface area contributed by atoms with Crippen LogP contribution in [0.3, 0.4) is 0 Å². The van der Waals surface area contributed by atoms with Gasteiger partial charge in [-0.15, -0.1) is 0 Å². The smallest absolute Gasteiger partial charge is 0.231 e. The predicted octanol–water partition coefficient (Wildman–Crippen LogP) is 0.00790. The number of nitrogens with zero attached hydrogens (tertiary/aromatic N) is 1. The van der Waals surface area contributed by atoms with Crippen LogP contribution in [0.1, 0.15) is 32.1 Å². The van der Waals surface area contributed by atoms with E-state index in [1.165, 1.54) is 0 Å². The van der Waals surface area contributed by atoms with E-state index in [1.807, 2.05) is 0 Å². The first-order valence-electron chi connectivity index (χ1n) is 4.22. The molecule has 12 heavy (non-hydrogen) atoms. The Balaban J connectivity index is 2.32. The summed E-state index contributed by atoms with van der Waals surface area (Å²) < 4.78 is 0. The third-order valence-corrected chi connectivity index (χ3v) is 2.62. The molecule has 2 aliphatic heterocycles. The van der Waals surface area contributed by atoms with Crippen LogP contribution in [-0.2, 0) is 9.59 Å². The van der Waals surface area contributed by atoms with Crippen molar-refractivity contribution in [3.8, 4) is 0 Å². The van der Waals surface area contributed by atoms with E-state index in [1.54, 1.807) is 0 Å². The lowest BCUT2D eigenvalue weighted by atomic mass is 9.98. The van der Waals surface area contributed by atoms with Gasteiger partial charge < -0.3 is 5.11 Å². The zero-order chi connectivity index (χ0) is 8.77. The Labute approximate surface area is 70.2 Å². The minimum atomic E-state index is -1.13. The zero-order valence-corrected chi connectivity index (χ0v) is 6.75. The van der Waals surface area contributed by atoms with Gasteiger partial charge in [-0.05, 0) is 12.8 Å². The molecule has 66 valence electrons. The van der Waals surface area contributed by atoms with Crippen molar-refractivity contribution in [2.24, 2.45) is 0 Å². The van der Waals surface area contributed by atoms with E-state index in [4.69, 9.17) is 0 Å². The molecule has 4 nitrogen and oxygen atoms in total. The summed E-state index contributed by atoms with van der Waals surface area (Å²) in [5.74, 6) is -0.437. The number of piperidine rings is 1. The number of amides is 2. The summed E-state index contributed by atoms with van der Waals surface area (Å²) in [7, 11) is 0. The van der Waals surface area contributed by atoms with Gasteiger partial charge in [0.15, 0.2) is 0 Å². The second kappa shape index (κ2) is 2.29. The maximum atomic E-state index is 11.2. The van der Waals surface area contributed by atoms with Gasteiger partial charge in [0.1, 0.15) is 5.72 Å². The highest BCUT2D eigenvalue weighted by molar-refractivity contribution is 5.98. The van der Waals surface area contributed by atoms with Gasteiger partial charge in [-0.3, -0.25) is 14.5 Å². The third-order valence-electron chi connectivity index (χ3n) is 2.62. The molecule has 2 aliphatic rings. The largest absolute Gasteiger partial charge is 0.370 e. The summed E-state index contributed by atoms with van der Waals surface area (Å²) in [6, 6.07) is 0. The Bertz CT molecular complexity index is 251. The molecule has 4 heteroatoms. The minimum Gasteiger partial charge on any atom is -0.370 e. The van der Waals surface area contributed by atoms with Crippen LogP contribution in [0.25, 0.3) is 0 Å². The molecule has 0 bridgehead atoms. The molecular weight excluding hydrogens is 158 g/mol. The van der Waals surface area contributed by atoms with Gasteiger partial charge in [0.25, 0.3) is 0 Å². The molecule has 0 aromatic heterocycles. The molecule has 2 amide bonds. The molecule has 0 aromatic carbocycles. The van der Waals surface area contributed by atoms with Crippen molar-refractivity contribution in [1.82, 2.24) is 4.90 Å². The number of rotatable bonds is 0. The van der Waals surface area contributed by atoms with Gasteiger partial charge in [0.2, 0.25) is 11.8 Å². The first-order valence-corrected chi connectivity index (χ1v) is 4.22. The highest BCUT2D eigenvalue weighted by Crippen LogP contribution is 2.36. The fourth-order valence-corrected chi connectivity index (χ4v) is 2.01. The van der Waals surface area contributed by atoms with Crippen LogP contribution >= 0.6 is 0 Å². The molecule has 0 radical (unpaired) electrons. The van der Waals surface area contributed by atoms with E-state index < -0.39 is 5.72 Å². The van der Waals surface area contributed by atoms with Crippen LogP contribution in [-0.4, -0.2) is 27.5 Å². The van der Waals surface area contributed by atoms with E-state index in [2.05, 4.69) is 0 Å².